The number of hydrogen-bond donors (Lipinski definition) is 0. The lowest BCUT2D eigenvalue weighted by Gasteiger charge is -2.17. The summed E-state index contributed by atoms with van der Waals surface area (Å²) in [4.78, 5) is 4.74. The van der Waals surface area contributed by atoms with E-state index < -0.39 is 0 Å². The summed E-state index contributed by atoms with van der Waals surface area (Å²) < 4.78 is 22.3. The maximum Gasteiger partial charge on any atom is 0.217 e. The smallest absolute Gasteiger partial charge is 0.217 e. The van der Waals surface area contributed by atoms with Crippen molar-refractivity contribution in [1.29, 1.82) is 0 Å². The first-order valence-corrected chi connectivity index (χ1v) is 9.07. The molecule has 5 nitrogen and oxygen atoms in total. The Balaban J connectivity index is 1.95. The van der Waals surface area contributed by atoms with Gasteiger partial charge in [0.25, 0.3) is 0 Å². The second kappa shape index (κ2) is 7.91. The third-order valence-electron chi connectivity index (χ3n) is 4.67. The minimum atomic E-state index is -0.213. The predicted octanol–water partition coefficient (Wildman–Crippen LogP) is 4.05. The maximum absolute atomic E-state index is 5.89. The van der Waals surface area contributed by atoms with Crippen LogP contribution in [0.4, 0.5) is 0 Å². The van der Waals surface area contributed by atoms with Crippen LogP contribution < -0.4 is 14.2 Å². The molecule has 0 aliphatic carbocycles. The Morgan fingerprint density at radius 1 is 0.926 bits per heavy atom. The summed E-state index contributed by atoms with van der Waals surface area (Å²) in [6.07, 6.45) is 1.64. The second-order valence-electron chi connectivity index (χ2n) is 7.19. The van der Waals surface area contributed by atoms with E-state index in [2.05, 4.69) is 26.0 Å². The highest BCUT2D eigenvalue weighted by Gasteiger charge is 2.29. The van der Waals surface area contributed by atoms with Gasteiger partial charge in [-0.1, -0.05) is 12.1 Å². The fourth-order valence-electron chi connectivity index (χ4n) is 3.22. The van der Waals surface area contributed by atoms with Gasteiger partial charge in [-0.3, -0.25) is 0 Å². The highest BCUT2D eigenvalue weighted by Crippen LogP contribution is 2.36. The van der Waals surface area contributed by atoms with Crippen LogP contribution >= 0.6 is 0 Å². The first-order chi connectivity index (χ1) is 13.0. The monoisotopic (exact) mass is 369 g/mol. The van der Waals surface area contributed by atoms with Gasteiger partial charge in [0.15, 0.2) is 11.5 Å². The van der Waals surface area contributed by atoms with Crippen LogP contribution in [0.1, 0.15) is 30.5 Å². The molecule has 0 saturated carbocycles. The van der Waals surface area contributed by atoms with Crippen LogP contribution in [0.25, 0.3) is 0 Å². The highest BCUT2D eigenvalue weighted by molar-refractivity contribution is 5.98. The fourth-order valence-corrected chi connectivity index (χ4v) is 3.22. The molecule has 0 spiro atoms. The summed E-state index contributed by atoms with van der Waals surface area (Å²) in [5, 5.41) is 0. The summed E-state index contributed by atoms with van der Waals surface area (Å²) in [5.41, 5.74) is 3.02. The van der Waals surface area contributed by atoms with Gasteiger partial charge in [0.05, 0.1) is 26.9 Å². The van der Waals surface area contributed by atoms with E-state index in [0.29, 0.717) is 18.3 Å². The van der Waals surface area contributed by atoms with Crippen molar-refractivity contribution < 1.29 is 18.9 Å². The Hall–Kier alpha value is -2.69. The molecule has 2 aromatic rings. The zero-order valence-electron chi connectivity index (χ0n) is 16.7. The molecule has 0 N–H and O–H groups in total. The first kappa shape index (κ1) is 19.1. The first-order valence-electron chi connectivity index (χ1n) is 9.07. The Morgan fingerprint density at radius 3 is 2.22 bits per heavy atom. The van der Waals surface area contributed by atoms with Crippen LogP contribution in [0.2, 0.25) is 0 Å². The number of ether oxygens (including phenoxy) is 4. The molecule has 27 heavy (non-hydrogen) atoms. The third-order valence-corrected chi connectivity index (χ3v) is 4.67. The largest absolute Gasteiger partial charge is 0.497 e. The van der Waals surface area contributed by atoms with E-state index in [1.807, 2.05) is 24.3 Å². The minimum absolute atomic E-state index is 0.213. The van der Waals surface area contributed by atoms with Gasteiger partial charge in [0, 0.05) is 11.1 Å². The molecule has 3 rings (SSSR count). The second-order valence-corrected chi connectivity index (χ2v) is 7.19. The van der Waals surface area contributed by atoms with Gasteiger partial charge in [-0.25, -0.2) is 4.99 Å². The molecule has 5 heteroatoms. The van der Waals surface area contributed by atoms with E-state index in [-0.39, 0.29) is 5.54 Å². The van der Waals surface area contributed by atoms with Crippen molar-refractivity contribution in [2.45, 2.75) is 32.2 Å². The van der Waals surface area contributed by atoms with E-state index >= 15 is 0 Å². The lowest BCUT2D eigenvalue weighted by atomic mass is 9.97. The summed E-state index contributed by atoms with van der Waals surface area (Å²) in [7, 11) is 4.99. The molecule has 0 aromatic heterocycles. The van der Waals surface area contributed by atoms with Crippen molar-refractivity contribution in [3.8, 4) is 17.2 Å². The van der Waals surface area contributed by atoms with Gasteiger partial charge in [-0.15, -0.1) is 0 Å². The van der Waals surface area contributed by atoms with Crippen LogP contribution in [0, 0.1) is 0 Å². The summed E-state index contributed by atoms with van der Waals surface area (Å²) >= 11 is 0. The number of aryl methyl sites for hydroxylation is 1. The van der Waals surface area contributed by atoms with Crippen molar-refractivity contribution in [1.82, 2.24) is 0 Å². The van der Waals surface area contributed by atoms with Gasteiger partial charge in [0.1, 0.15) is 12.4 Å². The highest BCUT2D eigenvalue weighted by atomic mass is 16.5. The Kier molecular flexibility index (Phi) is 5.59. The van der Waals surface area contributed by atoms with E-state index in [9.17, 15) is 0 Å². The predicted molar refractivity (Wildman–Crippen MR) is 107 cm³/mol. The number of aliphatic imine (C=N–C) groups is 1. The third kappa shape index (κ3) is 4.18. The summed E-state index contributed by atoms with van der Waals surface area (Å²) in [6.45, 7) is 4.71. The van der Waals surface area contributed by atoms with Gasteiger partial charge in [-0.2, -0.15) is 0 Å². The molecule has 1 aliphatic rings. The van der Waals surface area contributed by atoms with Crippen LogP contribution in [-0.2, 0) is 17.6 Å². The molecular weight excluding hydrogens is 342 g/mol. The molecule has 0 bridgehead atoms. The topological polar surface area (TPSA) is 49.3 Å². The summed E-state index contributed by atoms with van der Waals surface area (Å²) in [6, 6.07) is 12.0. The van der Waals surface area contributed by atoms with Crippen LogP contribution in [0.5, 0.6) is 17.2 Å². The molecule has 0 atom stereocenters. The van der Waals surface area contributed by atoms with Crippen molar-refractivity contribution in [3.05, 3.63) is 53.1 Å². The lowest BCUT2D eigenvalue weighted by molar-refractivity contribution is 0.279. The van der Waals surface area contributed by atoms with Gasteiger partial charge >= 0.3 is 0 Å². The molecule has 0 amide bonds. The van der Waals surface area contributed by atoms with Gasteiger partial charge < -0.3 is 18.9 Å². The molecule has 0 fully saturated rings. The van der Waals surface area contributed by atoms with Gasteiger partial charge in [-0.05, 0) is 56.5 Å². The van der Waals surface area contributed by atoms with Crippen molar-refractivity contribution in [2.75, 3.05) is 27.9 Å². The molecule has 144 valence electrons. The standard InChI is InChI=1S/C22H27NO4/c1-22(2)14-27-21(23-22)18-12-13-19(25-4)20(26-5)17(18)11-8-15-6-9-16(24-3)10-7-15/h6-7,9-10,12-13H,8,11,14H2,1-5H3. The number of nitrogens with zero attached hydrogens (tertiary/aromatic N) is 1. The molecule has 0 unspecified atom stereocenters. The maximum atomic E-state index is 5.89. The van der Waals surface area contributed by atoms with Gasteiger partial charge in [0.2, 0.25) is 5.90 Å². The molecule has 1 heterocycles. The number of benzene rings is 2. The van der Waals surface area contributed by atoms with E-state index in [4.69, 9.17) is 23.9 Å². The fraction of sp³-hybridized carbons (Fsp3) is 0.409. The van der Waals surface area contributed by atoms with E-state index in [1.54, 1.807) is 21.3 Å². The van der Waals surface area contributed by atoms with E-state index in [0.717, 1.165) is 35.5 Å². The number of rotatable bonds is 7. The molecule has 0 radical (unpaired) electrons. The molecule has 0 saturated heterocycles. The normalized spacial score (nSPS) is 15.1. The zero-order chi connectivity index (χ0) is 19.4. The number of hydrogen-bond acceptors (Lipinski definition) is 5. The molecular formula is C22H27NO4. The zero-order valence-corrected chi connectivity index (χ0v) is 16.7. The number of methoxy groups -OCH3 is 3. The molecule has 2 aromatic carbocycles. The average Bonchev–Trinajstić information content (AvgIpc) is 3.05. The quantitative estimate of drug-likeness (QED) is 0.739. The van der Waals surface area contributed by atoms with E-state index in [1.165, 1.54) is 5.56 Å². The van der Waals surface area contributed by atoms with Crippen molar-refractivity contribution in [2.24, 2.45) is 4.99 Å². The Labute approximate surface area is 160 Å². The average molecular weight is 369 g/mol. The Morgan fingerprint density at radius 2 is 1.67 bits per heavy atom. The molecule has 1 aliphatic heterocycles. The Bertz CT molecular complexity index is 825. The van der Waals surface area contributed by atoms with Crippen LogP contribution in [-0.4, -0.2) is 39.4 Å². The SMILES string of the molecule is COc1ccc(CCc2c(C3=NC(C)(C)CO3)ccc(OC)c2OC)cc1. The van der Waals surface area contributed by atoms with Crippen LogP contribution in [0.15, 0.2) is 41.4 Å². The van der Waals surface area contributed by atoms with Crippen LogP contribution in [0.3, 0.4) is 0 Å². The summed E-state index contributed by atoms with van der Waals surface area (Å²) in [5.74, 6) is 2.98. The lowest BCUT2D eigenvalue weighted by Crippen LogP contribution is -2.17. The minimum Gasteiger partial charge on any atom is -0.497 e. The van der Waals surface area contributed by atoms with Crippen molar-refractivity contribution >= 4 is 5.90 Å². The van der Waals surface area contributed by atoms with Crippen molar-refractivity contribution in [3.63, 3.8) is 0 Å².